The van der Waals surface area contributed by atoms with Crippen LogP contribution in [0.3, 0.4) is 0 Å². The molecule has 23 heavy (non-hydrogen) atoms. The summed E-state index contributed by atoms with van der Waals surface area (Å²) in [6.07, 6.45) is 5.13. The zero-order valence-electron chi connectivity index (χ0n) is 12.9. The maximum atomic E-state index is 11.9. The number of benzene rings is 1. The smallest absolute Gasteiger partial charge is 0.229 e. The quantitative estimate of drug-likeness (QED) is 0.771. The van der Waals surface area contributed by atoms with Crippen LogP contribution in [0.1, 0.15) is 26.2 Å². The second-order valence-corrected chi connectivity index (χ2v) is 7.60. The molecule has 1 unspecified atom stereocenters. The molecule has 1 atom stereocenters. The van der Waals surface area contributed by atoms with Crippen LogP contribution in [0.4, 0.5) is 17.5 Å². The first kappa shape index (κ1) is 16.4. The van der Waals surface area contributed by atoms with E-state index in [1.807, 2.05) is 31.2 Å². The highest BCUT2D eigenvalue weighted by Gasteiger charge is 2.19. The van der Waals surface area contributed by atoms with Gasteiger partial charge in [-0.1, -0.05) is 17.7 Å². The van der Waals surface area contributed by atoms with Crippen molar-refractivity contribution in [2.75, 3.05) is 16.4 Å². The fourth-order valence-corrected chi connectivity index (χ4v) is 3.25. The van der Waals surface area contributed by atoms with Crippen molar-refractivity contribution >= 4 is 40.2 Å². The van der Waals surface area contributed by atoms with Crippen LogP contribution in [0.15, 0.2) is 35.4 Å². The lowest BCUT2D eigenvalue weighted by molar-refractivity contribution is 0.444. The van der Waals surface area contributed by atoms with Crippen LogP contribution in [0, 0.1) is 0 Å². The molecule has 0 aliphatic heterocycles. The molecule has 122 valence electrons. The van der Waals surface area contributed by atoms with Gasteiger partial charge in [-0.15, -0.1) is 0 Å². The van der Waals surface area contributed by atoms with Crippen molar-refractivity contribution < 1.29 is 4.55 Å². The Kier molecular flexibility index (Phi) is 5.25. The number of rotatable bonds is 6. The van der Waals surface area contributed by atoms with Crippen LogP contribution in [0.25, 0.3) is 0 Å². The van der Waals surface area contributed by atoms with Crippen LogP contribution in [-0.4, -0.2) is 26.3 Å². The predicted molar refractivity (Wildman–Crippen MR) is 95.0 cm³/mol. The zero-order chi connectivity index (χ0) is 16.2. The number of anilines is 3. The van der Waals surface area contributed by atoms with Gasteiger partial charge >= 0.3 is 0 Å². The lowest BCUT2D eigenvalue weighted by Crippen LogP contribution is -2.27. The summed E-state index contributed by atoms with van der Waals surface area (Å²) >= 11 is 5.17. The Labute approximate surface area is 144 Å². The Balaban J connectivity index is 1.75. The molecule has 7 heteroatoms. The van der Waals surface area contributed by atoms with E-state index in [2.05, 4.69) is 20.6 Å². The normalized spacial score (nSPS) is 15.8. The average Bonchev–Trinajstić information content (AvgIpc) is 2.53. The topological polar surface area (TPSA) is 72.9 Å². The number of nitrogens with zero attached hydrogens (tertiary/aromatic N) is 2. The molecule has 2 aromatic rings. The van der Waals surface area contributed by atoms with Gasteiger partial charge in [0.25, 0.3) is 0 Å². The molecule has 1 fully saturated rings. The summed E-state index contributed by atoms with van der Waals surface area (Å²) < 4.78 is 11.9. The molecule has 5 nitrogen and oxygen atoms in total. The maximum absolute atomic E-state index is 11.9. The molecule has 0 radical (unpaired) electrons. The second-order valence-electron chi connectivity index (χ2n) is 5.45. The molecule has 0 amide bonds. The third-order valence-corrected chi connectivity index (χ3v) is 5.39. The van der Waals surface area contributed by atoms with E-state index < -0.39 is 11.2 Å². The molecule has 1 saturated carbocycles. The average molecular weight is 351 g/mol. The molecule has 2 N–H and O–H groups in total. The monoisotopic (exact) mass is 350 g/mol. The Morgan fingerprint density at radius 2 is 2.22 bits per heavy atom. The van der Waals surface area contributed by atoms with Gasteiger partial charge in [0, 0.05) is 17.8 Å². The maximum Gasteiger partial charge on any atom is 0.229 e. The molecule has 1 heterocycles. The van der Waals surface area contributed by atoms with Gasteiger partial charge in [0.15, 0.2) is 10.7 Å². The second kappa shape index (κ2) is 7.38. The van der Waals surface area contributed by atoms with E-state index in [0.717, 1.165) is 23.4 Å². The van der Waals surface area contributed by atoms with Crippen molar-refractivity contribution in [1.82, 2.24) is 9.97 Å². The molecule has 0 spiro atoms. The van der Waals surface area contributed by atoms with Gasteiger partial charge in [0.05, 0.1) is 6.20 Å². The van der Waals surface area contributed by atoms with E-state index in [9.17, 15) is 4.55 Å². The van der Waals surface area contributed by atoms with E-state index >= 15 is 0 Å². The van der Waals surface area contributed by atoms with Crippen LogP contribution in [-0.2, 0) is 11.2 Å². The van der Waals surface area contributed by atoms with E-state index in [4.69, 9.17) is 11.6 Å². The largest absolute Gasteiger partial charge is 0.611 e. The van der Waals surface area contributed by atoms with Crippen molar-refractivity contribution in [1.29, 1.82) is 0 Å². The van der Waals surface area contributed by atoms with Gasteiger partial charge in [-0.05, 0) is 49.5 Å². The Morgan fingerprint density at radius 3 is 2.91 bits per heavy atom. The summed E-state index contributed by atoms with van der Waals surface area (Å²) in [6.45, 7) is 1.90. The van der Waals surface area contributed by atoms with Gasteiger partial charge < -0.3 is 15.2 Å². The van der Waals surface area contributed by atoms with E-state index in [1.54, 1.807) is 6.20 Å². The number of nitrogens with one attached hydrogen (secondary N) is 2. The minimum absolute atomic E-state index is 0.450. The summed E-state index contributed by atoms with van der Waals surface area (Å²) in [4.78, 5) is 9.44. The fraction of sp³-hybridized carbons (Fsp3) is 0.375. The highest BCUT2D eigenvalue weighted by molar-refractivity contribution is 7.91. The lowest BCUT2D eigenvalue weighted by atomic mass is 9.93. The van der Waals surface area contributed by atoms with Crippen molar-refractivity contribution in [2.45, 2.75) is 37.1 Å². The molecular formula is C16H19ClN4OS. The first-order valence-corrected chi connectivity index (χ1v) is 9.40. The van der Waals surface area contributed by atoms with Crippen LogP contribution in [0.2, 0.25) is 5.02 Å². The van der Waals surface area contributed by atoms with Gasteiger partial charge in [-0.25, -0.2) is 4.98 Å². The van der Waals surface area contributed by atoms with Crippen LogP contribution >= 0.6 is 11.6 Å². The summed E-state index contributed by atoms with van der Waals surface area (Å²) in [7, 11) is 0. The minimum atomic E-state index is -0.982. The molecule has 0 bridgehead atoms. The SMILES string of the molecule is CC[S+]([O-])c1cccc(Nc2ncc(Cl)c(NC3CCC3)n2)c1. The van der Waals surface area contributed by atoms with E-state index in [0.29, 0.717) is 28.6 Å². The molecule has 3 rings (SSSR count). The van der Waals surface area contributed by atoms with Crippen molar-refractivity contribution in [3.63, 3.8) is 0 Å². The molecule has 1 aromatic heterocycles. The van der Waals surface area contributed by atoms with Gasteiger partial charge in [0.1, 0.15) is 10.8 Å². The van der Waals surface area contributed by atoms with E-state index in [1.165, 1.54) is 6.42 Å². The number of halogens is 1. The Morgan fingerprint density at radius 1 is 1.39 bits per heavy atom. The summed E-state index contributed by atoms with van der Waals surface area (Å²) in [5, 5.41) is 7.00. The molecular weight excluding hydrogens is 332 g/mol. The van der Waals surface area contributed by atoms with Crippen molar-refractivity contribution in [2.24, 2.45) is 0 Å². The van der Waals surface area contributed by atoms with Gasteiger partial charge in [0.2, 0.25) is 5.95 Å². The Bertz CT molecular complexity index is 681. The summed E-state index contributed by atoms with van der Waals surface area (Å²) in [5.41, 5.74) is 0.807. The fourth-order valence-electron chi connectivity index (χ4n) is 2.29. The van der Waals surface area contributed by atoms with Crippen molar-refractivity contribution in [3.05, 3.63) is 35.5 Å². The molecule has 1 aliphatic carbocycles. The van der Waals surface area contributed by atoms with Gasteiger partial charge in [-0.3, -0.25) is 0 Å². The standard InChI is InChI=1S/C16H19ClN4OS/c1-2-23(22)13-8-4-7-12(9-13)20-16-18-10-14(17)15(21-16)19-11-5-3-6-11/h4,7-11H,2-3,5-6H2,1H3,(H2,18,19,20,21). The van der Waals surface area contributed by atoms with Gasteiger partial charge in [-0.2, -0.15) is 4.98 Å². The minimum Gasteiger partial charge on any atom is -0.611 e. The third kappa shape index (κ3) is 4.07. The Hall–Kier alpha value is -1.50. The summed E-state index contributed by atoms with van der Waals surface area (Å²) in [5.74, 6) is 1.72. The van der Waals surface area contributed by atoms with Crippen LogP contribution in [0.5, 0.6) is 0 Å². The lowest BCUT2D eigenvalue weighted by Gasteiger charge is -2.27. The van der Waals surface area contributed by atoms with E-state index in [-0.39, 0.29) is 0 Å². The molecule has 0 saturated heterocycles. The third-order valence-electron chi connectivity index (χ3n) is 3.81. The summed E-state index contributed by atoms with van der Waals surface area (Å²) in [6, 6.07) is 7.93. The predicted octanol–water partition coefficient (Wildman–Crippen LogP) is 3.97. The first-order valence-electron chi connectivity index (χ1n) is 7.70. The highest BCUT2D eigenvalue weighted by Crippen LogP contribution is 2.27. The van der Waals surface area contributed by atoms with Crippen molar-refractivity contribution in [3.8, 4) is 0 Å². The number of hydrogen-bond acceptors (Lipinski definition) is 5. The zero-order valence-corrected chi connectivity index (χ0v) is 14.5. The number of aromatic nitrogens is 2. The molecule has 1 aromatic carbocycles. The first-order chi connectivity index (χ1) is 11.2. The van der Waals surface area contributed by atoms with Crippen LogP contribution < -0.4 is 10.6 Å². The number of hydrogen-bond donors (Lipinski definition) is 2. The molecule has 1 aliphatic rings. The highest BCUT2D eigenvalue weighted by atomic mass is 35.5.